The van der Waals surface area contributed by atoms with Crippen LogP contribution in [0, 0.1) is 0 Å². The number of likely N-dealkylation sites (tertiary alicyclic amines) is 1. The summed E-state index contributed by atoms with van der Waals surface area (Å²) < 4.78 is 11.5. The minimum Gasteiger partial charge on any atom is -0.488 e. The molecule has 7 heteroatoms. The van der Waals surface area contributed by atoms with Gasteiger partial charge in [0.2, 0.25) is 5.91 Å². The highest BCUT2D eigenvalue weighted by atomic mass is 16.6. The van der Waals surface area contributed by atoms with Gasteiger partial charge in [-0.1, -0.05) is 42.5 Å². The first-order valence-electron chi connectivity index (χ1n) is 14.2. The summed E-state index contributed by atoms with van der Waals surface area (Å²) in [6, 6.07) is 21.1. The molecular weight excluding hydrogens is 502 g/mol. The molecule has 0 saturated carbocycles. The lowest BCUT2D eigenvalue weighted by atomic mass is 9.97. The summed E-state index contributed by atoms with van der Waals surface area (Å²) in [6.07, 6.45) is 2.56. The lowest BCUT2D eigenvalue weighted by Gasteiger charge is -2.38. The number of nitrogens with one attached hydrogen (secondary N) is 2. The molecule has 0 spiro atoms. The van der Waals surface area contributed by atoms with Crippen molar-refractivity contribution in [3.63, 3.8) is 0 Å². The third kappa shape index (κ3) is 8.13. The van der Waals surface area contributed by atoms with Gasteiger partial charge in [-0.2, -0.15) is 0 Å². The Hall–Kier alpha value is -3.74. The molecular formula is C33H43N3O4. The van der Waals surface area contributed by atoms with Crippen LogP contribution >= 0.6 is 0 Å². The van der Waals surface area contributed by atoms with E-state index in [-0.39, 0.29) is 17.6 Å². The van der Waals surface area contributed by atoms with E-state index in [0.29, 0.717) is 13.0 Å². The minimum absolute atomic E-state index is 0.0933. The highest BCUT2D eigenvalue weighted by Gasteiger charge is 2.35. The molecule has 1 saturated heterocycles. The van der Waals surface area contributed by atoms with E-state index in [9.17, 15) is 9.59 Å². The second kappa shape index (κ2) is 12.2. The fraction of sp³-hybridized carbons (Fsp3) is 0.455. The number of benzene rings is 2. The van der Waals surface area contributed by atoms with Gasteiger partial charge in [-0.15, -0.1) is 0 Å². The molecule has 1 aromatic heterocycles. The number of nitrogens with zero attached hydrogens (tertiary/aromatic N) is 1. The molecule has 2 N–H and O–H groups in total. The predicted octanol–water partition coefficient (Wildman–Crippen LogP) is 7.05. The quantitative estimate of drug-likeness (QED) is 0.333. The average molecular weight is 546 g/mol. The van der Waals surface area contributed by atoms with Gasteiger partial charge in [0, 0.05) is 24.4 Å². The summed E-state index contributed by atoms with van der Waals surface area (Å²) in [7, 11) is 0. The van der Waals surface area contributed by atoms with E-state index in [2.05, 4.69) is 34.6 Å². The van der Waals surface area contributed by atoms with Crippen molar-refractivity contribution < 1.29 is 19.1 Å². The van der Waals surface area contributed by atoms with E-state index in [1.807, 2.05) is 88.9 Å². The van der Waals surface area contributed by atoms with E-state index in [0.717, 1.165) is 47.5 Å². The molecule has 7 nitrogen and oxygen atoms in total. The summed E-state index contributed by atoms with van der Waals surface area (Å²) >= 11 is 0. The van der Waals surface area contributed by atoms with E-state index in [1.165, 1.54) is 0 Å². The summed E-state index contributed by atoms with van der Waals surface area (Å²) in [5, 5.41) is 2.88. The summed E-state index contributed by atoms with van der Waals surface area (Å²) in [5.74, 6) is 0.651. The number of carbonyl (C=O) groups is 2. The highest BCUT2D eigenvalue weighted by molar-refractivity contribution is 5.86. The van der Waals surface area contributed by atoms with Gasteiger partial charge in [0.05, 0.1) is 6.04 Å². The van der Waals surface area contributed by atoms with Gasteiger partial charge in [0.15, 0.2) is 0 Å². The predicted molar refractivity (Wildman–Crippen MR) is 158 cm³/mol. The van der Waals surface area contributed by atoms with Crippen LogP contribution in [0.15, 0.2) is 66.7 Å². The molecule has 0 radical (unpaired) electrons. The van der Waals surface area contributed by atoms with E-state index < -0.39 is 17.7 Å². The molecule has 2 aromatic carbocycles. The Morgan fingerprint density at radius 1 is 0.925 bits per heavy atom. The first kappa shape index (κ1) is 29.2. The Labute approximate surface area is 238 Å². The molecule has 1 fully saturated rings. The van der Waals surface area contributed by atoms with Crippen LogP contribution in [0.25, 0.3) is 11.3 Å². The Balaban J connectivity index is 1.57. The van der Waals surface area contributed by atoms with Gasteiger partial charge in [-0.05, 0) is 96.2 Å². The Kier molecular flexibility index (Phi) is 8.92. The number of hydrogen-bond acceptors (Lipinski definition) is 4. The average Bonchev–Trinajstić information content (AvgIpc) is 3.38. The lowest BCUT2D eigenvalue weighted by molar-refractivity contribution is -0.137. The molecule has 0 aliphatic carbocycles. The molecule has 40 heavy (non-hydrogen) atoms. The number of carbonyl (C=O) groups excluding carboxylic acids is 2. The van der Waals surface area contributed by atoms with Gasteiger partial charge in [0.1, 0.15) is 23.0 Å². The Bertz CT molecular complexity index is 1270. The summed E-state index contributed by atoms with van der Waals surface area (Å²) in [4.78, 5) is 32.4. The number of rotatable bonds is 7. The largest absolute Gasteiger partial charge is 0.488 e. The van der Waals surface area contributed by atoms with Crippen LogP contribution in [0.5, 0.6) is 5.75 Å². The molecule has 2 atom stereocenters. The van der Waals surface area contributed by atoms with Crippen molar-refractivity contribution in [2.75, 3.05) is 6.54 Å². The third-order valence-electron chi connectivity index (χ3n) is 6.71. The van der Waals surface area contributed by atoms with Crippen molar-refractivity contribution >= 4 is 12.0 Å². The molecule has 3 aromatic rings. The van der Waals surface area contributed by atoms with Crippen molar-refractivity contribution in [2.24, 2.45) is 0 Å². The first-order chi connectivity index (χ1) is 18.9. The maximum atomic E-state index is 14.1. The number of piperidine rings is 1. The topological polar surface area (TPSA) is 83.7 Å². The molecule has 2 heterocycles. The van der Waals surface area contributed by atoms with Gasteiger partial charge in [-0.25, -0.2) is 4.79 Å². The number of aromatic amines is 1. The maximum Gasteiger partial charge on any atom is 0.408 e. The van der Waals surface area contributed by atoms with Gasteiger partial charge < -0.3 is 24.7 Å². The summed E-state index contributed by atoms with van der Waals surface area (Å²) in [5.41, 5.74) is 3.08. The van der Waals surface area contributed by atoms with Gasteiger partial charge >= 0.3 is 6.09 Å². The van der Waals surface area contributed by atoms with Crippen LogP contribution in [-0.2, 0) is 16.0 Å². The SMILES string of the molecule is CC(C)(C)OC(=O)NC(Cc1ccc(OC(C)(C)C)cc1)C(=O)N1CCCCC1c1ccc(-c2ccccc2)[nH]1. The van der Waals surface area contributed by atoms with Crippen LogP contribution in [-0.4, -0.2) is 45.7 Å². The number of hydrogen-bond donors (Lipinski definition) is 2. The number of ether oxygens (including phenoxy) is 2. The van der Waals surface area contributed by atoms with E-state index in [4.69, 9.17) is 9.47 Å². The maximum absolute atomic E-state index is 14.1. The number of H-pyrrole nitrogens is 1. The normalized spacial score (nSPS) is 16.8. The smallest absolute Gasteiger partial charge is 0.408 e. The van der Waals surface area contributed by atoms with Crippen molar-refractivity contribution in [3.8, 4) is 17.0 Å². The van der Waals surface area contributed by atoms with Crippen LogP contribution in [0.2, 0.25) is 0 Å². The van der Waals surface area contributed by atoms with Crippen LogP contribution < -0.4 is 10.1 Å². The molecule has 2 amide bonds. The van der Waals surface area contributed by atoms with E-state index >= 15 is 0 Å². The first-order valence-corrected chi connectivity index (χ1v) is 14.2. The Morgan fingerprint density at radius 2 is 1.62 bits per heavy atom. The fourth-order valence-electron chi connectivity index (χ4n) is 5.04. The standard InChI is InChI=1S/C33H43N3O4/c1-32(2,3)39-25-17-15-23(16-18-25)22-28(35-31(38)40-33(4,5)6)30(37)36-21-11-10-14-29(36)27-20-19-26(34-27)24-12-8-7-9-13-24/h7-9,12-13,15-20,28-29,34H,10-11,14,21-22H2,1-6H3,(H,35,38). The number of alkyl carbamates (subject to hydrolysis) is 1. The van der Waals surface area contributed by atoms with Crippen molar-refractivity contribution in [1.82, 2.24) is 15.2 Å². The number of amides is 2. The van der Waals surface area contributed by atoms with Crippen LogP contribution in [0.1, 0.15) is 78.1 Å². The molecule has 1 aliphatic rings. The summed E-state index contributed by atoms with van der Waals surface area (Å²) in [6.45, 7) is 12.1. The van der Waals surface area contributed by atoms with Crippen molar-refractivity contribution in [3.05, 3.63) is 78.0 Å². The molecule has 4 rings (SSSR count). The monoisotopic (exact) mass is 545 g/mol. The zero-order valence-corrected chi connectivity index (χ0v) is 24.6. The zero-order valence-electron chi connectivity index (χ0n) is 24.6. The van der Waals surface area contributed by atoms with Gasteiger partial charge in [0.25, 0.3) is 0 Å². The second-order valence-electron chi connectivity index (χ2n) is 12.5. The Morgan fingerprint density at radius 3 is 2.27 bits per heavy atom. The molecule has 1 aliphatic heterocycles. The van der Waals surface area contributed by atoms with Crippen LogP contribution in [0.3, 0.4) is 0 Å². The zero-order chi connectivity index (χ0) is 28.9. The minimum atomic E-state index is -0.770. The molecule has 2 unspecified atom stereocenters. The second-order valence-corrected chi connectivity index (χ2v) is 12.5. The van der Waals surface area contributed by atoms with Crippen LogP contribution in [0.4, 0.5) is 4.79 Å². The third-order valence-corrected chi connectivity index (χ3v) is 6.71. The lowest BCUT2D eigenvalue weighted by Crippen LogP contribution is -2.52. The van der Waals surface area contributed by atoms with Crippen molar-refractivity contribution in [2.45, 2.75) is 90.5 Å². The van der Waals surface area contributed by atoms with E-state index in [1.54, 1.807) is 0 Å². The molecule has 0 bridgehead atoms. The number of aromatic nitrogens is 1. The van der Waals surface area contributed by atoms with Crippen molar-refractivity contribution in [1.29, 1.82) is 0 Å². The highest BCUT2D eigenvalue weighted by Crippen LogP contribution is 2.33. The van der Waals surface area contributed by atoms with Gasteiger partial charge in [-0.3, -0.25) is 4.79 Å². The fourth-order valence-corrected chi connectivity index (χ4v) is 5.04. The molecule has 214 valence electrons.